The highest BCUT2D eigenvalue weighted by Crippen LogP contribution is 2.54. The van der Waals surface area contributed by atoms with Crippen molar-refractivity contribution in [3.63, 3.8) is 0 Å². The molecular weight excluding hydrogens is 232 g/mol. The molecule has 0 radical (unpaired) electrons. The lowest BCUT2D eigenvalue weighted by atomic mass is 9.56. The zero-order valence-corrected chi connectivity index (χ0v) is 12.6. The van der Waals surface area contributed by atoms with E-state index < -0.39 is 0 Å². The molecule has 2 fully saturated rings. The van der Waals surface area contributed by atoms with Crippen LogP contribution < -0.4 is 0 Å². The van der Waals surface area contributed by atoms with Gasteiger partial charge < -0.3 is 4.79 Å². The van der Waals surface area contributed by atoms with Crippen molar-refractivity contribution >= 4 is 6.29 Å². The molecule has 19 heavy (non-hydrogen) atoms. The second-order valence-corrected chi connectivity index (χ2v) is 7.69. The Hall–Kier alpha value is -0.590. The molecule has 0 aromatic carbocycles. The van der Waals surface area contributed by atoms with Crippen molar-refractivity contribution in [1.82, 2.24) is 0 Å². The minimum absolute atomic E-state index is 0.371. The van der Waals surface area contributed by atoms with Gasteiger partial charge in [-0.1, -0.05) is 25.5 Å². The maximum absolute atomic E-state index is 11.0. The molecule has 0 aliphatic heterocycles. The standard InChI is InChI=1S/C18H28O/c1-11(2)16-9-17-12(3)6-15(16)8-18(17)14-5-4-13(7-14)10-19/h6,10-11,13-18H,4-5,7-9H2,1-3H3. The molecule has 0 heterocycles. The fourth-order valence-corrected chi connectivity index (χ4v) is 5.33. The number of hydrogen-bond acceptors (Lipinski definition) is 1. The third-order valence-electron chi connectivity index (χ3n) is 6.37. The minimum atomic E-state index is 0.371. The summed E-state index contributed by atoms with van der Waals surface area (Å²) < 4.78 is 0. The molecule has 4 rings (SSSR count). The Bertz CT molecular complexity index is 381. The number of aldehydes is 1. The van der Waals surface area contributed by atoms with E-state index in [2.05, 4.69) is 26.8 Å². The van der Waals surface area contributed by atoms with Gasteiger partial charge in [0.2, 0.25) is 0 Å². The second-order valence-electron chi connectivity index (χ2n) is 7.69. The van der Waals surface area contributed by atoms with Crippen LogP contribution in [0.5, 0.6) is 0 Å². The van der Waals surface area contributed by atoms with E-state index in [1.54, 1.807) is 5.57 Å². The van der Waals surface area contributed by atoms with Gasteiger partial charge in [0.15, 0.2) is 0 Å². The largest absolute Gasteiger partial charge is 0.303 e. The van der Waals surface area contributed by atoms with Gasteiger partial charge in [0.05, 0.1) is 0 Å². The van der Waals surface area contributed by atoms with Crippen molar-refractivity contribution in [2.45, 2.75) is 52.9 Å². The smallest absolute Gasteiger partial charge is 0.123 e. The van der Waals surface area contributed by atoms with Gasteiger partial charge in [0, 0.05) is 5.92 Å². The molecular formula is C18H28O. The Labute approximate surface area is 117 Å². The molecule has 0 aromatic heterocycles. The molecule has 1 heteroatoms. The Kier molecular flexibility index (Phi) is 3.57. The fraction of sp³-hybridized carbons (Fsp3) is 0.833. The molecule has 6 unspecified atom stereocenters. The summed E-state index contributed by atoms with van der Waals surface area (Å²) in [6.45, 7) is 7.13. The molecule has 0 spiro atoms. The summed E-state index contributed by atoms with van der Waals surface area (Å²) in [6, 6.07) is 0. The topological polar surface area (TPSA) is 17.1 Å². The number of carbonyl (C=O) groups excluding carboxylic acids is 1. The van der Waals surface area contributed by atoms with Crippen LogP contribution in [0.3, 0.4) is 0 Å². The van der Waals surface area contributed by atoms with Crippen LogP contribution in [-0.4, -0.2) is 6.29 Å². The summed E-state index contributed by atoms with van der Waals surface area (Å²) in [6.07, 6.45) is 10.2. The minimum Gasteiger partial charge on any atom is -0.303 e. The van der Waals surface area contributed by atoms with Crippen molar-refractivity contribution in [2.75, 3.05) is 0 Å². The van der Waals surface area contributed by atoms with Crippen LogP contribution in [0.1, 0.15) is 52.9 Å². The van der Waals surface area contributed by atoms with Gasteiger partial charge in [-0.05, 0) is 74.5 Å². The highest BCUT2D eigenvalue weighted by Gasteiger charge is 2.45. The Balaban J connectivity index is 1.74. The van der Waals surface area contributed by atoms with E-state index in [0.717, 1.165) is 41.9 Å². The molecule has 6 atom stereocenters. The Morgan fingerprint density at radius 3 is 2.58 bits per heavy atom. The Morgan fingerprint density at radius 2 is 2.00 bits per heavy atom. The van der Waals surface area contributed by atoms with Crippen molar-refractivity contribution in [2.24, 2.45) is 41.4 Å². The van der Waals surface area contributed by atoms with Gasteiger partial charge in [0.1, 0.15) is 6.29 Å². The normalized spacial score (nSPS) is 45.6. The van der Waals surface area contributed by atoms with E-state index in [1.165, 1.54) is 32.0 Å². The molecule has 0 N–H and O–H groups in total. The van der Waals surface area contributed by atoms with Gasteiger partial charge in [0.25, 0.3) is 0 Å². The summed E-state index contributed by atoms with van der Waals surface area (Å²) >= 11 is 0. The molecule has 4 aliphatic rings. The average Bonchev–Trinajstić information content (AvgIpc) is 2.86. The lowest BCUT2D eigenvalue weighted by Crippen LogP contribution is -2.41. The van der Waals surface area contributed by atoms with E-state index in [1.807, 2.05) is 0 Å². The van der Waals surface area contributed by atoms with Gasteiger partial charge in [-0.15, -0.1) is 0 Å². The first-order valence-electron chi connectivity index (χ1n) is 8.23. The summed E-state index contributed by atoms with van der Waals surface area (Å²) in [4.78, 5) is 11.0. The summed E-state index contributed by atoms with van der Waals surface area (Å²) in [5, 5.41) is 0. The first-order chi connectivity index (χ1) is 9.10. The fourth-order valence-electron chi connectivity index (χ4n) is 5.33. The summed E-state index contributed by atoms with van der Waals surface area (Å²) in [7, 11) is 0. The van der Waals surface area contributed by atoms with E-state index in [-0.39, 0.29) is 0 Å². The van der Waals surface area contributed by atoms with Crippen LogP contribution >= 0.6 is 0 Å². The SMILES string of the molecule is CC1=CC2CC(C3CCC(C=O)C3)C1CC2C(C)C. The van der Waals surface area contributed by atoms with Gasteiger partial charge in [-0.2, -0.15) is 0 Å². The monoisotopic (exact) mass is 260 g/mol. The maximum atomic E-state index is 11.0. The second kappa shape index (κ2) is 5.07. The van der Waals surface area contributed by atoms with Crippen molar-refractivity contribution in [1.29, 1.82) is 0 Å². The predicted octanol–water partition coefficient (Wildman–Crippen LogP) is 4.48. The number of carbonyl (C=O) groups is 1. The molecule has 0 amide bonds. The molecule has 2 saturated carbocycles. The van der Waals surface area contributed by atoms with Gasteiger partial charge in [-0.3, -0.25) is 0 Å². The zero-order valence-electron chi connectivity index (χ0n) is 12.6. The third-order valence-corrected chi connectivity index (χ3v) is 6.37. The highest BCUT2D eigenvalue weighted by atomic mass is 16.1. The summed E-state index contributed by atoms with van der Waals surface area (Å²) in [5.41, 5.74) is 1.66. The van der Waals surface area contributed by atoms with E-state index in [4.69, 9.17) is 0 Å². The number of rotatable bonds is 3. The van der Waals surface area contributed by atoms with Gasteiger partial charge >= 0.3 is 0 Å². The quantitative estimate of drug-likeness (QED) is 0.540. The average molecular weight is 260 g/mol. The van der Waals surface area contributed by atoms with Crippen molar-refractivity contribution in [3.05, 3.63) is 11.6 Å². The van der Waals surface area contributed by atoms with E-state index >= 15 is 0 Å². The number of allylic oxidation sites excluding steroid dienone is 2. The van der Waals surface area contributed by atoms with Crippen LogP contribution in [0.4, 0.5) is 0 Å². The number of fused-ring (bicyclic) bond motifs is 2. The van der Waals surface area contributed by atoms with E-state index in [0.29, 0.717) is 5.92 Å². The lowest BCUT2D eigenvalue weighted by Gasteiger charge is -2.49. The third kappa shape index (κ3) is 2.30. The van der Waals surface area contributed by atoms with Crippen molar-refractivity contribution < 1.29 is 4.79 Å². The van der Waals surface area contributed by atoms with Crippen LogP contribution in [0.25, 0.3) is 0 Å². The van der Waals surface area contributed by atoms with Crippen molar-refractivity contribution in [3.8, 4) is 0 Å². The molecule has 2 bridgehead atoms. The summed E-state index contributed by atoms with van der Waals surface area (Å²) in [5.74, 6) is 5.47. The molecule has 4 aliphatic carbocycles. The first-order valence-corrected chi connectivity index (χ1v) is 8.23. The molecule has 0 saturated heterocycles. The first kappa shape index (κ1) is 13.4. The van der Waals surface area contributed by atoms with Crippen LogP contribution in [-0.2, 0) is 4.79 Å². The number of hydrogen-bond donors (Lipinski definition) is 0. The van der Waals surface area contributed by atoms with Crippen LogP contribution in [0.15, 0.2) is 11.6 Å². The zero-order chi connectivity index (χ0) is 13.6. The van der Waals surface area contributed by atoms with Crippen LogP contribution in [0, 0.1) is 41.4 Å². The molecule has 106 valence electrons. The molecule has 0 aromatic rings. The highest BCUT2D eigenvalue weighted by molar-refractivity contribution is 5.54. The maximum Gasteiger partial charge on any atom is 0.123 e. The predicted molar refractivity (Wildman–Crippen MR) is 78.7 cm³/mol. The van der Waals surface area contributed by atoms with E-state index in [9.17, 15) is 4.79 Å². The van der Waals surface area contributed by atoms with Crippen LogP contribution in [0.2, 0.25) is 0 Å². The Morgan fingerprint density at radius 1 is 1.21 bits per heavy atom. The van der Waals surface area contributed by atoms with Gasteiger partial charge in [-0.25, -0.2) is 0 Å². The molecule has 1 nitrogen and oxygen atoms in total. The lowest BCUT2D eigenvalue weighted by molar-refractivity contribution is -0.111.